The van der Waals surface area contributed by atoms with E-state index in [1.807, 2.05) is 23.9 Å². The van der Waals surface area contributed by atoms with E-state index in [2.05, 4.69) is 53.1 Å². The molecular formula is C15H17Br3N2S. The van der Waals surface area contributed by atoms with Gasteiger partial charge in [0.1, 0.15) is 0 Å². The largest absolute Gasteiger partial charge is 0.333 e. The molecule has 0 unspecified atom stereocenters. The normalized spacial score (nSPS) is 21.2. The molecule has 21 heavy (non-hydrogen) atoms. The van der Waals surface area contributed by atoms with Gasteiger partial charge in [0.05, 0.1) is 5.69 Å². The molecule has 1 aliphatic carbocycles. The number of aliphatic imine (C=N–C) groups is 1. The predicted octanol–water partition coefficient (Wildman–Crippen LogP) is 6.44. The third-order valence-corrected chi connectivity index (χ3v) is 7.20. The van der Waals surface area contributed by atoms with Crippen LogP contribution in [0.25, 0.3) is 0 Å². The Kier molecular flexibility index (Phi) is 5.40. The maximum absolute atomic E-state index is 4.82. The lowest BCUT2D eigenvalue weighted by atomic mass is 9.75. The van der Waals surface area contributed by atoms with Gasteiger partial charge in [0, 0.05) is 25.7 Å². The summed E-state index contributed by atoms with van der Waals surface area (Å²) in [5.41, 5.74) is 1.52. The lowest BCUT2D eigenvalue weighted by Crippen LogP contribution is -2.35. The van der Waals surface area contributed by atoms with Gasteiger partial charge >= 0.3 is 0 Å². The van der Waals surface area contributed by atoms with Crippen molar-refractivity contribution in [1.29, 1.82) is 0 Å². The Bertz CT molecular complexity index is 545. The van der Waals surface area contributed by atoms with Crippen molar-refractivity contribution >= 4 is 70.4 Å². The molecule has 0 amide bonds. The van der Waals surface area contributed by atoms with Gasteiger partial charge in [0.2, 0.25) is 0 Å². The minimum absolute atomic E-state index is 0.474. The summed E-state index contributed by atoms with van der Waals surface area (Å²) in [5, 5.41) is 4.50. The maximum Gasteiger partial charge on any atom is 0.161 e. The number of halogens is 3. The van der Waals surface area contributed by atoms with E-state index in [1.54, 1.807) is 0 Å². The van der Waals surface area contributed by atoms with Crippen LogP contribution in [0.2, 0.25) is 0 Å². The molecule has 1 N–H and O–H groups in total. The first-order valence-electron chi connectivity index (χ1n) is 7.17. The van der Waals surface area contributed by atoms with Crippen molar-refractivity contribution in [2.75, 3.05) is 17.6 Å². The van der Waals surface area contributed by atoms with E-state index in [0.717, 1.165) is 30.8 Å². The molecule has 0 saturated heterocycles. The molecule has 1 aliphatic heterocycles. The molecule has 114 valence electrons. The summed E-state index contributed by atoms with van der Waals surface area (Å²) in [6.07, 6.45) is 6.86. The summed E-state index contributed by atoms with van der Waals surface area (Å²) in [7, 11) is 0. The molecule has 2 aliphatic rings. The molecule has 1 saturated carbocycles. The Labute approximate surface area is 155 Å². The molecule has 6 heteroatoms. The van der Waals surface area contributed by atoms with Crippen molar-refractivity contribution in [3.63, 3.8) is 0 Å². The molecule has 1 spiro atoms. The molecule has 0 aromatic heterocycles. The fourth-order valence-corrected chi connectivity index (χ4v) is 6.61. The predicted molar refractivity (Wildman–Crippen MR) is 103 cm³/mol. The van der Waals surface area contributed by atoms with E-state index in [0.29, 0.717) is 5.41 Å². The molecule has 0 atom stereocenters. The zero-order chi connectivity index (χ0) is 14.9. The summed E-state index contributed by atoms with van der Waals surface area (Å²) in [6.45, 7) is 0.980. The van der Waals surface area contributed by atoms with Crippen molar-refractivity contribution in [1.82, 2.24) is 0 Å². The van der Waals surface area contributed by atoms with Crippen LogP contribution in [-0.4, -0.2) is 17.5 Å². The number of nitrogens with one attached hydrogen (secondary N) is 1. The van der Waals surface area contributed by atoms with E-state index in [9.17, 15) is 0 Å². The molecule has 1 fully saturated rings. The maximum atomic E-state index is 4.82. The first-order chi connectivity index (χ1) is 10.1. The van der Waals surface area contributed by atoms with Gasteiger partial charge in [-0.2, -0.15) is 0 Å². The smallest absolute Gasteiger partial charge is 0.161 e. The van der Waals surface area contributed by atoms with Crippen molar-refractivity contribution < 1.29 is 0 Å². The summed E-state index contributed by atoms with van der Waals surface area (Å²) in [5.74, 6) is 1.20. The van der Waals surface area contributed by atoms with Gasteiger partial charge < -0.3 is 5.32 Å². The van der Waals surface area contributed by atoms with Crippen LogP contribution in [0.5, 0.6) is 0 Å². The molecule has 3 rings (SSSR count). The minimum Gasteiger partial charge on any atom is -0.333 e. The Morgan fingerprint density at radius 3 is 2.29 bits per heavy atom. The van der Waals surface area contributed by atoms with Gasteiger partial charge in [0.15, 0.2) is 5.17 Å². The summed E-state index contributed by atoms with van der Waals surface area (Å²) < 4.78 is 3.11. The Morgan fingerprint density at radius 1 is 1.05 bits per heavy atom. The first-order valence-corrected chi connectivity index (χ1v) is 10.5. The number of thioether (sulfide) groups is 1. The highest BCUT2D eigenvalue weighted by Crippen LogP contribution is 2.42. The average Bonchev–Trinajstić information content (AvgIpc) is 2.46. The topological polar surface area (TPSA) is 24.4 Å². The second kappa shape index (κ2) is 6.93. The number of benzene rings is 1. The van der Waals surface area contributed by atoms with Crippen molar-refractivity contribution in [2.45, 2.75) is 32.1 Å². The average molecular weight is 497 g/mol. The van der Waals surface area contributed by atoms with Gasteiger partial charge in [-0.15, -0.1) is 0 Å². The van der Waals surface area contributed by atoms with E-state index in [4.69, 9.17) is 4.99 Å². The fourth-order valence-electron chi connectivity index (χ4n) is 3.00. The third-order valence-electron chi connectivity index (χ3n) is 4.23. The lowest BCUT2D eigenvalue weighted by molar-refractivity contribution is 0.232. The van der Waals surface area contributed by atoms with Crippen molar-refractivity contribution in [3.05, 3.63) is 25.6 Å². The van der Waals surface area contributed by atoms with Crippen molar-refractivity contribution in [2.24, 2.45) is 10.4 Å². The first kappa shape index (κ1) is 16.3. The molecule has 1 heterocycles. The monoisotopic (exact) mass is 494 g/mol. The fraction of sp³-hybridized carbons (Fsp3) is 0.533. The van der Waals surface area contributed by atoms with Crippen LogP contribution in [0.15, 0.2) is 30.5 Å². The van der Waals surface area contributed by atoms with Gasteiger partial charge in [-0.1, -0.05) is 47.0 Å². The standard InChI is InChI=1S/C15H17Br3N2S/c16-10-6-11(17)13(12(18)7-10)20-14-19-8-15(9-21-14)4-2-1-3-5-15/h6-7H,1-5,8-9H2,(H,19,20). The van der Waals surface area contributed by atoms with Gasteiger partial charge in [-0.25, -0.2) is 0 Å². The van der Waals surface area contributed by atoms with Gasteiger partial charge in [-0.3, -0.25) is 4.99 Å². The quantitative estimate of drug-likeness (QED) is 0.484. The van der Waals surface area contributed by atoms with E-state index in [-0.39, 0.29) is 0 Å². The van der Waals surface area contributed by atoms with Crippen LogP contribution >= 0.6 is 59.6 Å². The van der Waals surface area contributed by atoms with E-state index in [1.165, 1.54) is 37.9 Å². The zero-order valence-electron chi connectivity index (χ0n) is 11.6. The lowest BCUT2D eigenvalue weighted by Gasteiger charge is -2.38. The molecule has 0 radical (unpaired) electrons. The second-order valence-corrected chi connectivity index (χ2v) is 9.43. The molecule has 1 aromatic carbocycles. The highest BCUT2D eigenvalue weighted by molar-refractivity contribution is 9.11. The second-order valence-electron chi connectivity index (χ2n) is 5.84. The number of anilines is 1. The summed E-state index contributed by atoms with van der Waals surface area (Å²) in [6, 6.07) is 4.09. The van der Waals surface area contributed by atoms with Gasteiger partial charge in [-0.05, 0) is 62.2 Å². The van der Waals surface area contributed by atoms with Crippen molar-refractivity contribution in [3.8, 4) is 0 Å². The van der Waals surface area contributed by atoms with E-state index < -0.39 is 0 Å². The number of rotatable bonds is 1. The SMILES string of the molecule is Brc1cc(Br)c(NC2=NCC3(CCCCC3)CS2)c(Br)c1. The highest BCUT2D eigenvalue weighted by atomic mass is 79.9. The summed E-state index contributed by atoms with van der Waals surface area (Å²) >= 11 is 12.6. The van der Waals surface area contributed by atoms with Crippen LogP contribution < -0.4 is 5.32 Å². The van der Waals surface area contributed by atoms with E-state index >= 15 is 0 Å². The minimum atomic E-state index is 0.474. The zero-order valence-corrected chi connectivity index (χ0v) is 17.2. The molecule has 2 nitrogen and oxygen atoms in total. The van der Waals surface area contributed by atoms with Crippen LogP contribution in [0.1, 0.15) is 32.1 Å². The number of hydrogen-bond acceptors (Lipinski definition) is 3. The highest BCUT2D eigenvalue weighted by Gasteiger charge is 2.35. The van der Waals surface area contributed by atoms with Crippen LogP contribution in [-0.2, 0) is 0 Å². The van der Waals surface area contributed by atoms with Crippen LogP contribution in [0, 0.1) is 5.41 Å². The number of nitrogens with zero attached hydrogens (tertiary/aromatic N) is 1. The third kappa shape index (κ3) is 3.88. The Hall–Kier alpha value is 0.480. The van der Waals surface area contributed by atoms with Crippen LogP contribution in [0.3, 0.4) is 0 Å². The number of amidine groups is 1. The summed E-state index contributed by atoms with van der Waals surface area (Å²) in [4.78, 5) is 4.82. The molecule has 1 aromatic rings. The Morgan fingerprint density at radius 2 is 1.71 bits per heavy atom. The molecular weight excluding hydrogens is 480 g/mol. The van der Waals surface area contributed by atoms with Crippen LogP contribution in [0.4, 0.5) is 5.69 Å². The number of hydrogen-bond donors (Lipinski definition) is 1. The molecule has 0 bridgehead atoms. The van der Waals surface area contributed by atoms with Gasteiger partial charge in [0.25, 0.3) is 0 Å². The Balaban J connectivity index is 1.72.